The van der Waals surface area contributed by atoms with Crippen molar-refractivity contribution < 1.29 is 14.5 Å². The normalized spacial score (nSPS) is 30.5. The van der Waals surface area contributed by atoms with Gasteiger partial charge in [0.05, 0.1) is 12.6 Å². The largest absolute Gasteiger partial charge is 0.329 e. The minimum Gasteiger partial charge on any atom is -0.319 e. The molecule has 0 radical (unpaired) electrons. The number of hydrogen-bond donors (Lipinski definition) is 2. The summed E-state index contributed by atoms with van der Waals surface area (Å²) >= 11 is 0. The van der Waals surface area contributed by atoms with Crippen molar-refractivity contribution in [2.75, 3.05) is 13.2 Å². The maximum Gasteiger partial charge on any atom is 0.329 e. The fourth-order valence-electron chi connectivity index (χ4n) is 4.19. The van der Waals surface area contributed by atoms with Gasteiger partial charge in [-0.1, -0.05) is 44.2 Å². The molecule has 3 amide bonds. The number of imide groups is 1. The second-order valence-corrected chi connectivity index (χ2v) is 6.96. The van der Waals surface area contributed by atoms with Crippen LogP contribution in [0.25, 0.3) is 0 Å². The highest BCUT2D eigenvalue weighted by atomic mass is 16.2. The summed E-state index contributed by atoms with van der Waals surface area (Å²) in [6.07, 6.45) is 5.27. The van der Waals surface area contributed by atoms with Gasteiger partial charge < -0.3 is 10.2 Å². The number of urea groups is 1. The van der Waals surface area contributed by atoms with Gasteiger partial charge in [0.15, 0.2) is 6.67 Å². The van der Waals surface area contributed by atoms with E-state index in [9.17, 15) is 9.59 Å². The number of benzene rings is 1. The smallest absolute Gasteiger partial charge is 0.319 e. The van der Waals surface area contributed by atoms with Crippen LogP contribution in [0.5, 0.6) is 0 Å². The standard InChI is InChI=1S/C19H27N3O2/c1-3-16-12-8-9-13-21(16)14-22-17(23)19(4-2,20-18(22)24)15-10-6-5-7-11-15/h5-7,10-11,16H,3-4,8-9,12-14H2,1-2H3,(H,20,24)/p+1/t16-,19-/m1/s1. The number of rotatable bonds is 5. The number of likely N-dealkylation sites (tertiary alicyclic amines) is 1. The fourth-order valence-corrected chi connectivity index (χ4v) is 4.19. The molecule has 0 aliphatic carbocycles. The van der Waals surface area contributed by atoms with Gasteiger partial charge >= 0.3 is 6.03 Å². The molecular weight excluding hydrogens is 302 g/mol. The zero-order valence-corrected chi connectivity index (χ0v) is 14.7. The van der Waals surface area contributed by atoms with E-state index in [1.54, 1.807) is 0 Å². The molecule has 0 aromatic heterocycles. The van der Waals surface area contributed by atoms with E-state index in [1.165, 1.54) is 29.1 Å². The molecule has 1 unspecified atom stereocenters. The molecule has 3 atom stereocenters. The van der Waals surface area contributed by atoms with E-state index in [0.29, 0.717) is 19.1 Å². The van der Waals surface area contributed by atoms with Crippen molar-refractivity contribution in [3.8, 4) is 0 Å². The third-order valence-corrected chi connectivity index (χ3v) is 5.70. The van der Waals surface area contributed by atoms with E-state index >= 15 is 0 Å². The topological polar surface area (TPSA) is 53.9 Å². The van der Waals surface area contributed by atoms with Gasteiger partial charge in [-0.25, -0.2) is 9.69 Å². The minimum absolute atomic E-state index is 0.103. The second kappa shape index (κ2) is 6.93. The summed E-state index contributed by atoms with van der Waals surface area (Å²) in [6, 6.07) is 9.90. The van der Waals surface area contributed by atoms with Crippen LogP contribution >= 0.6 is 0 Å². The average Bonchev–Trinajstić information content (AvgIpc) is 2.88. The first kappa shape index (κ1) is 17.0. The summed E-state index contributed by atoms with van der Waals surface area (Å²) in [7, 11) is 0. The van der Waals surface area contributed by atoms with E-state index < -0.39 is 5.54 Å². The summed E-state index contributed by atoms with van der Waals surface area (Å²) in [5.41, 5.74) is -0.0380. The lowest BCUT2D eigenvalue weighted by atomic mass is 9.87. The number of amides is 3. The molecule has 24 heavy (non-hydrogen) atoms. The van der Waals surface area contributed by atoms with Crippen molar-refractivity contribution in [1.29, 1.82) is 0 Å². The lowest BCUT2D eigenvalue weighted by Crippen LogP contribution is -3.18. The first-order chi connectivity index (χ1) is 11.6. The zero-order valence-electron chi connectivity index (χ0n) is 14.7. The van der Waals surface area contributed by atoms with E-state index in [0.717, 1.165) is 18.5 Å². The maximum atomic E-state index is 13.2. The summed E-state index contributed by atoms with van der Waals surface area (Å²) in [4.78, 5) is 28.6. The molecule has 3 rings (SSSR count). The van der Waals surface area contributed by atoms with Gasteiger partial charge in [-0.15, -0.1) is 0 Å². The molecule has 1 aromatic rings. The molecule has 5 heteroatoms. The molecule has 2 aliphatic heterocycles. The summed E-state index contributed by atoms with van der Waals surface area (Å²) < 4.78 is 0. The lowest BCUT2D eigenvalue weighted by molar-refractivity contribution is -0.937. The average molecular weight is 330 g/mol. The van der Waals surface area contributed by atoms with Gasteiger partial charge in [0, 0.05) is 0 Å². The third-order valence-electron chi connectivity index (χ3n) is 5.70. The van der Waals surface area contributed by atoms with Crippen molar-refractivity contribution in [2.24, 2.45) is 0 Å². The SMILES string of the molecule is CC[C@@H]1CCCC[NH+]1CN1C(=O)N[C@](CC)(c2ccccc2)C1=O. The van der Waals surface area contributed by atoms with Crippen LogP contribution < -0.4 is 10.2 Å². The van der Waals surface area contributed by atoms with E-state index in [-0.39, 0.29) is 11.9 Å². The van der Waals surface area contributed by atoms with Crippen LogP contribution in [0.15, 0.2) is 30.3 Å². The molecule has 2 saturated heterocycles. The highest BCUT2D eigenvalue weighted by Crippen LogP contribution is 2.31. The first-order valence-electron chi connectivity index (χ1n) is 9.16. The first-order valence-corrected chi connectivity index (χ1v) is 9.16. The van der Waals surface area contributed by atoms with Crippen molar-refractivity contribution in [3.63, 3.8) is 0 Å². The predicted octanol–water partition coefficient (Wildman–Crippen LogP) is 1.65. The Kier molecular flexibility index (Phi) is 4.90. The van der Waals surface area contributed by atoms with E-state index in [4.69, 9.17) is 0 Å². The highest BCUT2D eigenvalue weighted by Gasteiger charge is 2.52. The van der Waals surface area contributed by atoms with Gasteiger partial charge in [0.1, 0.15) is 5.54 Å². The zero-order chi connectivity index (χ0) is 17.2. The highest BCUT2D eigenvalue weighted by molar-refractivity contribution is 6.07. The number of carbonyl (C=O) groups is 2. The Hall–Kier alpha value is -1.88. The third kappa shape index (κ3) is 2.81. The molecule has 2 fully saturated rings. The van der Waals surface area contributed by atoms with Crippen molar-refractivity contribution in [1.82, 2.24) is 10.2 Å². The lowest BCUT2D eigenvalue weighted by Gasteiger charge is -2.34. The Morgan fingerprint density at radius 3 is 2.62 bits per heavy atom. The molecule has 2 heterocycles. The summed E-state index contributed by atoms with van der Waals surface area (Å²) in [5.74, 6) is -0.103. The second-order valence-electron chi connectivity index (χ2n) is 6.96. The Balaban J connectivity index is 1.83. The molecule has 1 aromatic carbocycles. The van der Waals surface area contributed by atoms with E-state index in [2.05, 4.69) is 12.2 Å². The van der Waals surface area contributed by atoms with Crippen LogP contribution in [0.2, 0.25) is 0 Å². The maximum absolute atomic E-state index is 13.2. The number of carbonyl (C=O) groups excluding carboxylic acids is 2. The number of nitrogens with zero attached hydrogens (tertiary/aromatic N) is 1. The van der Waals surface area contributed by atoms with Crippen LogP contribution in [0.3, 0.4) is 0 Å². The fraction of sp³-hybridized carbons (Fsp3) is 0.579. The number of nitrogens with one attached hydrogen (secondary N) is 2. The Morgan fingerprint density at radius 2 is 1.96 bits per heavy atom. The minimum atomic E-state index is -0.907. The number of piperidine rings is 1. The van der Waals surface area contributed by atoms with Crippen LogP contribution in [0.1, 0.15) is 51.5 Å². The monoisotopic (exact) mass is 330 g/mol. The molecule has 0 saturated carbocycles. The Morgan fingerprint density at radius 1 is 1.21 bits per heavy atom. The molecule has 0 spiro atoms. The molecule has 2 aliphatic rings. The van der Waals surface area contributed by atoms with Crippen LogP contribution in [-0.2, 0) is 10.3 Å². The van der Waals surface area contributed by atoms with Crippen molar-refractivity contribution >= 4 is 11.9 Å². The van der Waals surface area contributed by atoms with Crippen molar-refractivity contribution in [3.05, 3.63) is 35.9 Å². The molecule has 130 valence electrons. The quantitative estimate of drug-likeness (QED) is 0.807. The number of hydrogen-bond acceptors (Lipinski definition) is 2. The molecule has 0 bridgehead atoms. The molecular formula is C19H28N3O2+. The summed E-state index contributed by atoms with van der Waals surface area (Å²) in [6.45, 7) is 5.68. The Bertz CT molecular complexity index is 604. The number of quaternary nitrogens is 1. The van der Waals surface area contributed by atoms with Crippen LogP contribution in [0.4, 0.5) is 4.79 Å². The van der Waals surface area contributed by atoms with Gasteiger partial charge in [-0.05, 0) is 37.7 Å². The van der Waals surface area contributed by atoms with Crippen LogP contribution in [0, 0.1) is 0 Å². The van der Waals surface area contributed by atoms with Gasteiger partial charge in [-0.3, -0.25) is 4.79 Å². The van der Waals surface area contributed by atoms with Crippen molar-refractivity contribution in [2.45, 2.75) is 57.5 Å². The summed E-state index contributed by atoms with van der Waals surface area (Å²) in [5, 5.41) is 2.98. The van der Waals surface area contributed by atoms with Gasteiger partial charge in [0.2, 0.25) is 0 Å². The van der Waals surface area contributed by atoms with Crippen LogP contribution in [-0.4, -0.2) is 36.1 Å². The van der Waals surface area contributed by atoms with Gasteiger partial charge in [0.25, 0.3) is 5.91 Å². The molecule has 5 nitrogen and oxygen atoms in total. The van der Waals surface area contributed by atoms with E-state index in [1.807, 2.05) is 37.3 Å². The molecule has 2 N–H and O–H groups in total. The van der Waals surface area contributed by atoms with Gasteiger partial charge in [-0.2, -0.15) is 0 Å². The predicted molar refractivity (Wildman–Crippen MR) is 92.4 cm³/mol. The Labute approximate surface area is 144 Å².